The number of nitrogens with zero attached hydrogens (tertiary/aromatic N) is 4. The Morgan fingerprint density at radius 1 is 1.55 bits per heavy atom. The predicted octanol–water partition coefficient (Wildman–Crippen LogP) is 1.35. The second kappa shape index (κ2) is 6.83. The number of carbonyl (C=O) groups excluding carboxylic acids is 1. The average Bonchev–Trinajstić information content (AvgIpc) is 2.95. The van der Waals surface area contributed by atoms with Crippen molar-refractivity contribution in [2.45, 2.75) is 32.9 Å². The van der Waals surface area contributed by atoms with Gasteiger partial charge in [0.15, 0.2) is 5.83 Å². The second-order valence-electron chi connectivity index (χ2n) is 5.82. The van der Waals surface area contributed by atoms with E-state index in [9.17, 15) is 9.18 Å². The number of allylic oxidation sites excluding steroid dienone is 1. The highest BCUT2D eigenvalue weighted by atomic mass is 19.1. The van der Waals surface area contributed by atoms with E-state index in [1.807, 2.05) is 7.05 Å². The molecular weight excluding hydrogens is 285 g/mol. The molecule has 1 aromatic rings. The molecule has 1 unspecified atom stereocenters. The van der Waals surface area contributed by atoms with Gasteiger partial charge in [-0.05, 0) is 39.0 Å². The smallest absolute Gasteiger partial charge is 0.282 e. The van der Waals surface area contributed by atoms with Crippen LogP contribution in [0.5, 0.6) is 0 Å². The molecule has 120 valence electrons. The number of carbonyl (C=O) groups is 1. The molecule has 1 atom stereocenters. The van der Waals surface area contributed by atoms with Crippen molar-refractivity contribution in [2.75, 3.05) is 25.9 Å². The maximum atomic E-state index is 13.7. The van der Waals surface area contributed by atoms with Crippen LogP contribution in [0.1, 0.15) is 26.1 Å². The highest BCUT2D eigenvalue weighted by molar-refractivity contribution is 5.92. The summed E-state index contributed by atoms with van der Waals surface area (Å²) in [7, 11) is 1.95. The molecule has 1 saturated heterocycles. The van der Waals surface area contributed by atoms with E-state index in [0.717, 1.165) is 6.42 Å². The maximum absolute atomic E-state index is 13.7. The van der Waals surface area contributed by atoms with E-state index >= 15 is 0 Å². The zero-order valence-electron chi connectivity index (χ0n) is 13.2. The molecule has 0 spiro atoms. The minimum Gasteiger partial charge on any atom is -0.384 e. The van der Waals surface area contributed by atoms with Crippen molar-refractivity contribution < 1.29 is 9.18 Å². The normalized spacial score (nSPS) is 17.9. The summed E-state index contributed by atoms with van der Waals surface area (Å²) in [6.45, 7) is 4.82. The topological polar surface area (TPSA) is 75.4 Å². The van der Waals surface area contributed by atoms with Crippen molar-refractivity contribution in [2.24, 2.45) is 0 Å². The zero-order valence-corrected chi connectivity index (χ0v) is 13.2. The fourth-order valence-electron chi connectivity index (χ4n) is 2.48. The van der Waals surface area contributed by atoms with Crippen molar-refractivity contribution in [3.8, 4) is 0 Å². The maximum Gasteiger partial charge on any atom is 0.282 e. The van der Waals surface area contributed by atoms with Gasteiger partial charge < -0.3 is 10.6 Å². The van der Waals surface area contributed by atoms with E-state index < -0.39 is 11.7 Å². The van der Waals surface area contributed by atoms with Crippen LogP contribution < -0.4 is 5.73 Å². The summed E-state index contributed by atoms with van der Waals surface area (Å²) < 4.78 is 13.7. The van der Waals surface area contributed by atoms with Gasteiger partial charge in [0.1, 0.15) is 11.6 Å². The molecule has 2 rings (SSSR count). The van der Waals surface area contributed by atoms with Crippen LogP contribution in [0.3, 0.4) is 0 Å². The Labute approximate surface area is 129 Å². The number of nitrogen functional groups attached to an aromatic ring is 1. The fourth-order valence-corrected chi connectivity index (χ4v) is 2.48. The fraction of sp³-hybridized carbons (Fsp3) is 0.533. The van der Waals surface area contributed by atoms with Gasteiger partial charge in [-0.3, -0.25) is 9.69 Å². The van der Waals surface area contributed by atoms with Gasteiger partial charge in [0.25, 0.3) is 5.91 Å². The van der Waals surface area contributed by atoms with E-state index in [1.165, 1.54) is 0 Å². The first-order valence-corrected chi connectivity index (χ1v) is 7.28. The van der Waals surface area contributed by atoms with Crippen molar-refractivity contribution in [1.82, 2.24) is 19.8 Å². The zero-order chi connectivity index (χ0) is 16.3. The van der Waals surface area contributed by atoms with Gasteiger partial charge in [-0.15, -0.1) is 0 Å². The molecule has 6 nitrogen and oxygen atoms in total. The molecule has 1 amide bonds. The molecule has 1 fully saturated rings. The number of hydrogen-bond donors (Lipinski definition) is 1. The first-order chi connectivity index (χ1) is 10.4. The van der Waals surface area contributed by atoms with Crippen LogP contribution in [0.15, 0.2) is 23.7 Å². The Morgan fingerprint density at radius 3 is 2.91 bits per heavy atom. The Morgan fingerprint density at radius 2 is 2.27 bits per heavy atom. The molecule has 2 heterocycles. The van der Waals surface area contributed by atoms with Crippen LogP contribution in [0, 0.1) is 0 Å². The summed E-state index contributed by atoms with van der Waals surface area (Å²) in [6, 6.07) is 1.81. The molecule has 7 heteroatoms. The largest absolute Gasteiger partial charge is 0.384 e. The average molecular weight is 307 g/mol. The monoisotopic (exact) mass is 307 g/mol. The van der Waals surface area contributed by atoms with Gasteiger partial charge in [-0.1, -0.05) is 0 Å². The van der Waals surface area contributed by atoms with E-state index in [1.54, 1.807) is 31.0 Å². The molecular formula is C15H22FN5O. The van der Waals surface area contributed by atoms with Crippen molar-refractivity contribution in [1.29, 1.82) is 0 Å². The first-order valence-electron chi connectivity index (χ1n) is 7.28. The minimum absolute atomic E-state index is 0.166. The van der Waals surface area contributed by atoms with Gasteiger partial charge in [0.2, 0.25) is 0 Å². The predicted molar refractivity (Wildman–Crippen MR) is 82.4 cm³/mol. The summed E-state index contributed by atoms with van der Waals surface area (Å²) in [5.41, 5.74) is 6.05. The molecule has 1 aromatic heterocycles. The van der Waals surface area contributed by atoms with Crippen LogP contribution in [-0.4, -0.2) is 51.9 Å². The number of aromatic nitrogens is 2. The van der Waals surface area contributed by atoms with E-state index in [4.69, 9.17) is 5.73 Å². The highest BCUT2D eigenvalue weighted by Crippen LogP contribution is 2.19. The Kier molecular flexibility index (Phi) is 5.07. The van der Waals surface area contributed by atoms with Crippen LogP contribution in [0.2, 0.25) is 0 Å². The number of halogens is 1. The summed E-state index contributed by atoms with van der Waals surface area (Å²) in [6.07, 6.45) is 2.43. The third kappa shape index (κ3) is 3.79. The van der Waals surface area contributed by atoms with Gasteiger partial charge in [0.05, 0.1) is 6.54 Å². The first kappa shape index (κ1) is 16.4. The molecule has 0 radical (unpaired) electrons. The minimum atomic E-state index is -0.650. The Balaban J connectivity index is 1.95. The second-order valence-corrected chi connectivity index (χ2v) is 5.82. The molecule has 0 aromatic carbocycles. The lowest BCUT2D eigenvalue weighted by atomic mass is 10.2. The summed E-state index contributed by atoms with van der Waals surface area (Å²) in [5.74, 6) is -0.0893. The van der Waals surface area contributed by atoms with Gasteiger partial charge in [0, 0.05) is 25.3 Å². The third-order valence-electron chi connectivity index (χ3n) is 3.82. The Hall–Kier alpha value is -2.02. The summed E-state index contributed by atoms with van der Waals surface area (Å²) in [4.78, 5) is 24.0. The number of rotatable bonds is 4. The van der Waals surface area contributed by atoms with Crippen molar-refractivity contribution in [3.63, 3.8) is 0 Å². The molecule has 0 saturated carbocycles. The quantitative estimate of drug-likeness (QED) is 0.850. The van der Waals surface area contributed by atoms with Crippen LogP contribution in [0.4, 0.5) is 10.2 Å². The molecule has 0 aliphatic carbocycles. The number of nitrogens with two attached hydrogens (primary N) is 1. The van der Waals surface area contributed by atoms with Gasteiger partial charge in [-0.2, -0.15) is 0 Å². The molecule has 1 aliphatic rings. The number of anilines is 1. The molecule has 1 aliphatic heterocycles. The number of hydrogen-bond acceptors (Lipinski definition) is 5. The lowest BCUT2D eigenvalue weighted by Gasteiger charge is -2.23. The Bertz CT molecular complexity index is 585. The lowest BCUT2D eigenvalue weighted by Crippen LogP contribution is -2.36. The highest BCUT2D eigenvalue weighted by Gasteiger charge is 2.31. The van der Waals surface area contributed by atoms with Crippen LogP contribution >= 0.6 is 0 Å². The van der Waals surface area contributed by atoms with E-state index in [2.05, 4.69) is 14.9 Å². The lowest BCUT2D eigenvalue weighted by molar-refractivity contribution is -0.127. The van der Waals surface area contributed by atoms with E-state index in [0.29, 0.717) is 36.8 Å². The molecule has 22 heavy (non-hydrogen) atoms. The molecule has 0 bridgehead atoms. The van der Waals surface area contributed by atoms with Crippen molar-refractivity contribution in [3.05, 3.63) is 29.5 Å². The van der Waals surface area contributed by atoms with Gasteiger partial charge in [-0.25, -0.2) is 14.4 Å². The van der Waals surface area contributed by atoms with Gasteiger partial charge >= 0.3 is 0 Å². The standard InChI is InChI=1S/C15H22FN5O/c1-10(2)14(16)15(22)21-7-5-11(8-21)20(3)9-13-18-6-4-12(17)19-13/h4,6,11H,5,7-9H2,1-3H3,(H2,17,18,19). The number of amides is 1. The number of likely N-dealkylation sites (N-methyl/N-ethyl adjacent to an activating group) is 1. The van der Waals surface area contributed by atoms with Crippen LogP contribution in [0.25, 0.3) is 0 Å². The SMILES string of the molecule is CC(C)=C(F)C(=O)N1CCC(N(C)Cc2nccc(N)n2)C1. The van der Waals surface area contributed by atoms with Crippen molar-refractivity contribution >= 4 is 11.7 Å². The van der Waals surface area contributed by atoms with Crippen LogP contribution in [-0.2, 0) is 11.3 Å². The van der Waals surface area contributed by atoms with E-state index in [-0.39, 0.29) is 6.04 Å². The summed E-state index contributed by atoms with van der Waals surface area (Å²) >= 11 is 0. The molecule has 2 N–H and O–H groups in total. The number of likely N-dealkylation sites (tertiary alicyclic amines) is 1. The summed E-state index contributed by atoms with van der Waals surface area (Å²) in [5, 5.41) is 0. The third-order valence-corrected chi connectivity index (χ3v) is 3.82.